The predicted octanol–water partition coefficient (Wildman–Crippen LogP) is 3.39. The molecule has 1 aromatic heterocycles. The molecular weight excluding hydrogens is 334 g/mol. The second kappa shape index (κ2) is 6.38. The molecule has 2 aromatic carbocycles. The van der Waals surface area contributed by atoms with Crippen LogP contribution >= 0.6 is 0 Å². The summed E-state index contributed by atoms with van der Waals surface area (Å²) >= 11 is 0. The molecule has 134 valence electrons. The highest BCUT2D eigenvalue weighted by Crippen LogP contribution is 2.41. The number of hydrogen-bond donors (Lipinski definition) is 4. The van der Waals surface area contributed by atoms with Crippen LogP contribution in [0, 0.1) is 0 Å². The number of nitrogens with one attached hydrogen (secondary N) is 1. The van der Waals surface area contributed by atoms with Crippen LogP contribution in [-0.4, -0.2) is 21.9 Å². The van der Waals surface area contributed by atoms with Gasteiger partial charge in [-0.2, -0.15) is 0 Å². The second-order valence-electron chi connectivity index (χ2n) is 6.56. The van der Waals surface area contributed by atoms with E-state index in [-0.39, 0.29) is 39.7 Å². The van der Waals surface area contributed by atoms with Gasteiger partial charge in [-0.15, -0.1) is 0 Å². The summed E-state index contributed by atoms with van der Waals surface area (Å²) in [5.74, 6) is 0.0763. The van der Waals surface area contributed by atoms with Crippen LogP contribution in [0.2, 0.25) is 0 Å². The molecule has 6 nitrogen and oxygen atoms in total. The van der Waals surface area contributed by atoms with E-state index in [2.05, 4.69) is 5.32 Å². The standard InChI is InChI=1S/C20H19NO5/c22-12-6-4-11(5-7-12)16-9-15(24)19-17(26-16)10-14(23)18(20(19)25)13-3-1-2-8-21-13/h4-7,9-10,13,21-23,25H,1-3,8H2. The van der Waals surface area contributed by atoms with E-state index in [1.165, 1.54) is 24.3 Å². The molecule has 3 aromatic rings. The molecule has 0 spiro atoms. The third kappa shape index (κ3) is 2.78. The Balaban J connectivity index is 1.88. The molecule has 1 saturated heterocycles. The number of aromatic hydroxyl groups is 3. The maximum atomic E-state index is 12.6. The fourth-order valence-corrected chi connectivity index (χ4v) is 3.51. The molecule has 0 amide bonds. The van der Waals surface area contributed by atoms with Gasteiger partial charge >= 0.3 is 0 Å². The van der Waals surface area contributed by atoms with E-state index in [4.69, 9.17) is 4.42 Å². The summed E-state index contributed by atoms with van der Waals surface area (Å²) in [5.41, 5.74) is 0.694. The Kier molecular flexibility index (Phi) is 4.05. The van der Waals surface area contributed by atoms with E-state index in [9.17, 15) is 20.1 Å². The normalized spacial score (nSPS) is 17.5. The fourth-order valence-electron chi connectivity index (χ4n) is 3.51. The van der Waals surface area contributed by atoms with E-state index < -0.39 is 0 Å². The summed E-state index contributed by atoms with van der Waals surface area (Å²) in [6, 6.07) is 8.73. The second-order valence-corrected chi connectivity index (χ2v) is 6.56. The molecular formula is C20H19NO5. The number of benzene rings is 2. The summed E-state index contributed by atoms with van der Waals surface area (Å²) in [6.07, 6.45) is 2.82. The Morgan fingerprint density at radius 3 is 2.50 bits per heavy atom. The highest BCUT2D eigenvalue weighted by molar-refractivity contribution is 5.88. The van der Waals surface area contributed by atoms with Crippen LogP contribution in [0.4, 0.5) is 0 Å². The fraction of sp³-hybridized carbons (Fsp3) is 0.250. The van der Waals surface area contributed by atoms with Crippen LogP contribution in [0.3, 0.4) is 0 Å². The first-order chi connectivity index (χ1) is 12.5. The van der Waals surface area contributed by atoms with Crippen molar-refractivity contribution in [2.45, 2.75) is 25.3 Å². The van der Waals surface area contributed by atoms with Gasteiger partial charge in [0.05, 0.1) is 5.56 Å². The monoisotopic (exact) mass is 353 g/mol. The predicted molar refractivity (Wildman–Crippen MR) is 97.5 cm³/mol. The average Bonchev–Trinajstić information content (AvgIpc) is 2.62. The van der Waals surface area contributed by atoms with Crippen LogP contribution in [-0.2, 0) is 0 Å². The zero-order valence-electron chi connectivity index (χ0n) is 14.0. The lowest BCUT2D eigenvalue weighted by molar-refractivity contribution is 0.372. The Bertz CT molecular complexity index is 1020. The van der Waals surface area contributed by atoms with Crippen molar-refractivity contribution >= 4 is 11.0 Å². The highest BCUT2D eigenvalue weighted by atomic mass is 16.3. The number of rotatable bonds is 2. The van der Waals surface area contributed by atoms with Gasteiger partial charge in [0.2, 0.25) is 0 Å². The number of phenols is 3. The van der Waals surface area contributed by atoms with Crippen molar-refractivity contribution in [3.8, 4) is 28.6 Å². The molecule has 0 bridgehead atoms. The van der Waals surface area contributed by atoms with Crippen LogP contribution < -0.4 is 10.7 Å². The molecule has 0 radical (unpaired) electrons. The SMILES string of the molecule is O=c1cc(-c2ccc(O)cc2)oc2cc(O)c(C3CCCCN3)c(O)c12. The molecule has 1 aliphatic rings. The molecule has 4 rings (SSSR count). The maximum absolute atomic E-state index is 12.6. The van der Waals surface area contributed by atoms with Gasteiger partial charge in [0.25, 0.3) is 0 Å². The summed E-state index contributed by atoms with van der Waals surface area (Å²) < 4.78 is 5.75. The van der Waals surface area contributed by atoms with Crippen molar-refractivity contribution in [1.29, 1.82) is 0 Å². The Morgan fingerprint density at radius 1 is 1.04 bits per heavy atom. The number of piperidine rings is 1. The van der Waals surface area contributed by atoms with Gasteiger partial charge in [-0.25, -0.2) is 0 Å². The molecule has 1 aliphatic heterocycles. The van der Waals surface area contributed by atoms with E-state index in [0.29, 0.717) is 16.9 Å². The minimum absolute atomic E-state index is 0.0627. The van der Waals surface area contributed by atoms with Gasteiger partial charge in [-0.1, -0.05) is 6.42 Å². The lowest BCUT2D eigenvalue weighted by Crippen LogP contribution is -2.27. The first kappa shape index (κ1) is 16.5. The Labute approximate surface area is 149 Å². The van der Waals surface area contributed by atoms with E-state index in [0.717, 1.165) is 25.8 Å². The molecule has 6 heteroatoms. The summed E-state index contributed by atoms with van der Waals surface area (Å²) in [6.45, 7) is 0.802. The van der Waals surface area contributed by atoms with Crippen molar-refractivity contribution in [2.24, 2.45) is 0 Å². The van der Waals surface area contributed by atoms with Crippen molar-refractivity contribution < 1.29 is 19.7 Å². The van der Waals surface area contributed by atoms with Crippen molar-refractivity contribution in [2.75, 3.05) is 6.54 Å². The minimum Gasteiger partial charge on any atom is -0.508 e. The zero-order chi connectivity index (χ0) is 18.3. The minimum atomic E-state index is -0.385. The Morgan fingerprint density at radius 2 is 1.81 bits per heavy atom. The number of hydrogen-bond acceptors (Lipinski definition) is 6. The maximum Gasteiger partial charge on any atom is 0.197 e. The van der Waals surface area contributed by atoms with Gasteiger partial charge in [0, 0.05) is 23.7 Å². The van der Waals surface area contributed by atoms with Crippen molar-refractivity contribution in [1.82, 2.24) is 5.32 Å². The molecule has 4 N–H and O–H groups in total. The van der Waals surface area contributed by atoms with E-state index in [1.807, 2.05) is 0 Å². The topological polar surface area (TPSA) is 103 Å². The first-order valence-corrected chi connectivity index (χ1v) is 8.60. The largest absolute Gasteiger partial charge is 0.508 e. The zero-order valence-corrected chi connectivity index (χ0v) is 14.0. The molecule has 2 heterocycles. The van der Waals surface area contributed by atoms with Crippen LogP contribution in [0.5, 0.6) is 17.2 Å². The van der Waals surface area contributed by atoms with Crippen molar-refractivity contribution in [3.63, 3.8) is 0 Å². The summed E-state index contributed by atoms with van der Waals surface area (Å²) in [4.78, 5) is 12.6. The van der Waals surface area contributed by atoms with Crippen LogP contribution in [0.1, 0.15) is 30.9 Å². The smallest absolute Gasteiger partial charge is 0.197 e. The lowest BCUT2D eigenvalue weighted by Gasteiger charge is -2.25. The molecule has 1 fully saturated rings. The summed E-state index contributed by atoms with van der Waals surface area (Å²) in [5, 5.41) is 33.8. The molecule has 1 atom stereocenters. The molecule has 26 heavy (non-hydrogen) atoms. The first-order valence-electron chi connectivity index (χ1n) is 8.60. The Hall–Kier alpha value is -2.99. The number of fused-ring (bicyclic) bond motifs is 1. The summed E-state index contributed by atoms with van der Waals surface area (Å²) in [7, 11) is 0. The third-order valence-electron chi connectivity index (χ3n) is 4.82. The average molecular weight is 353 g/mol. The highest BCUT2D eigenvalue weighted by Gasteiger charge is 2.25. The van der Waals surface area contributed by atoms with Gasteiger partial charge in [0.15, 0.2) is 5.43 Å². The lowest BCUT2D eigenvalue weighted by atomic mass is 9.94. The van der Waals surface area contributed by atoms with Crippen molar-refractivity contribution in [3.05, 3.63) is 52.2 Å². The number of phenolic OH excluding ortho intramolecular Hbond substituents is 3. The molecule has 1 unspecified atom stereocenters. The van der Waals surface area contributed by atoms with Gasteiger partial charge in [0.1, 0.15) is 34.0 Å². The quantitative estimate of drug-likeness (QED) is 0.563. The van der Waals surface area contributed by atoms with Crippen LogP contribution in [0.25, 0.3) is 22.3 Å². The van der Waals surface area contributed by atoms with Gasteiger partial charge in [-0.3, -0.25) is 4.79 Å². The van der Waals surface area contributed by atoms with E-state index in [1.54, 1.807) is 12.1 Å². The van der Waals surface area contributed by atoms with Gasteiger partial charge < -0.3 is 25.1 Å². The van der Waals surface area contributed by atoms with Crippen LogP contribution in [0.15, 0.2) is 45.6 Å². The van der Waals surface area contributed by atoms with E-state index >= 15 is 0 Å². The third-order valence-corrected chi connectivity index (χ3v) is 4.82. The molecule has 0 aliphatic carbocycles. The van der Waals surface area contributed by atoms with Gasteiger partial charge in [-0.05, 0) is 43.7 Å². The molecule has 0 saturated carbocycles.